The second-order valence-corrected chi connectivity index (χ2v) is 4.80. The van der Waals surface area contributed by atoms with Crippen LogP contribution in [0.3, 0.4) is 0 Å². The van der Waals surface area contributed by atoms with Crippen molar-refractivity contribution in [1.82, 2.24) is 4.90 Å². The molecule has 2 atom stereocenters. The quantitative estimate of drug-likeness (QED) is 0.517. The van der Waals surface area contributed by atoms with Crippen molar-refractivity contribution in [2.75, 3.05) is 47.1 Å². The summed E-state index contributed by atoms with van der Waals surface area (Å²) in [6, 6.07) is 0.406. The zero-order valence-corrected chi connectivity index (χ0v) is 11.0. The van der Waals surface area contributed by atoms with Gasteiger partial charge in [-0.25, -0.2) is 0 Å². The molecule has 0 bridgehead atoms. The third kappa shape index (κ3) is 5.79. The van der Waals surface area contributed by atoms with Crippen LogP contribution in [0.2, 0.25) is 0 Å². The van der Waals surface area contributed by atoms with Gasteiger partial charge in [-0.3, -0.25) is 4.90 Å². The Morgan fingerprint density at radius 3 is 2.65 bits per heavy atom. The third-order valence-electron chi connectivity index (χ3n) is 3.21. The number of hydrogen-bond donors (Lipinski definition) is 2. The predicted octanol–water partition coefficient (Wildman–Crippen LogP) is -0.321. The molecule has 17 heavy (non-hydrogen) atoms. The van der Waals surface area contributed by atoms with Gasteiger partial charge in [0, 0.05) is 26.2 Å². The van der Waals surface area contributed by atoms with Crippen molar-refractivity contribution in [1.29, 1.82) is 0 Å². The lowest BCUT2D eigenvalue weighted by Gasteiger charge is -2.28. The van der Waals surface area contributed by atoms with Crippen LogP contribution in [0, 0.1) is 5.92 Å². The average molecular weight is 246 g/mol. The number of ether oxygens (including phenoxy) is 2. The Labute approximate surface area is 104 Å². The maximum absolute atomic E-state index is 9.82. The van der Waals surface area contributed by atoms with E-state index in [0.717, 1.165) is 5.92 Å². The molecule has 0 amide bonds. The highest BCUT2D eigenvalue weighted by atomic mass is 16.5. The summed E-state index contributed by atoms with van der Waals surface area (Å²) in [4.78, 5) is 2.15. The molecular formula is C12H26N2O3. The highest BCUT2D eigenvalue weighted by Crippen LogP contribution is 2.34. The van der Waals surface area contributed by atoms with Gasteiger partial charge in [0.25, 0.3) is 0 Å². The van der Waals surface area contributed by atoms with Crippen molar-refractivity contribution in [2.24, 2.45) is 11.7 Å². The summed E-state index contributed by atoms with van der Waals surface area (Å²) in [5.41, 5.74) is 5.76. The molecule has 1 rings (SSSR count). The summed E-state index contributed by atoms with van der Waals surface area (Å²) >= 11 is 0. The van der Waals surface area contributed by atoms with Crippen LogP contribution in [-0.4, -0.2) is 69.2 Å². The van der Waals surface area contributed by atoms with E-state index in [2.05, 4.69) is 4.90 Å². The zero-order chi connectivity index (χ0) is 12.7. The molecule has 0 aliphatic heterocycles. The van der Waals surface area contributed by atoms with Crippen LogP contribution in [-0.2, 0) is 9.47 Å². The molecule has 2 unspecified atom stereocenters. The van der Waals surface area contributed by atoms with Crippen molar-refractivity contribution in [3.8, 4) is 0 Å². The summed E-state index contributed by atoms with van der Waals surface area (Å²) in [5.74, 6) is 0.728. The first-order chi connectivity index (χ1) is 8.19. The minimum absolute atomic E-state index is 0.357. The molecule has 5 heteroatoms. The largest absolute Gasteiger partial charge is 0.389 e. The van der Waals surface area contributed by atoms with Crippen LogP contribution in [0.15, 0.2) is 0 Å². The van der Waals surface area contributed by atoms with E-state index in [1.807, 2.05) is 7.05 Å². The topological polar surface area (TPSA) is 68.0 Å². The van der Waals surface area contributed by atoms with Gasteiger partial charge in [-0.1, -0.05) is 0 Å². The Morgan fingerprint density at radius 2 is 2.12 bits per heavy atom. The van der Waals surface area contributed by atoms with E-state index in [0.29, 0.717) is 39.0 Å². The first-order valence-electron chi connectivity index (χ1n) is 6.34. The Hall–Kier alpha value is -0.200. The molecular weight excluding hydrogens is 220 g/mol. The number of aliphatic hydroxyl groups excluding tert-OH is 1. The molecule has 1 fully saturated rings. The molecule has 0 aromatic carbocycles. The van der Waals surface area contributed by atoms with Crippen LogP contribution in [0.4, 0.5) is 0 Å². The Bertz CT molecular complexity index is 200. The number of likely N-dealkylation sites (N-methyl/N-ethyl adjacent to an activating group) is 1. The molecule has 102 valence electrons. The summed E-state index contributed by atoms with van der Waals surface area (Å²) < 4.78 is 10.2. The minimum atomic E-state index is -0.454. The number of hydrogen-bond acceptors (Lipinski definition) is 5. The van der Waals surface area contributed by atoms with Crippen LogP contribution in [0.1, 0.15) is 12.8 Å². The van der Waals surface area contributed by atoms with Crippen molar-refractivity contribution in [3.05, 3.63) is 0 Å². The van der Waals surface area contributed by atoms with E-state index in [1.165, 1.54) is 12.8 Å². The van der Waals surface area contributed by atoms with Crippen molar-refractivity contribution in [3.63, 3.8) is 0 Å². The Balaban J connectivity index is 2.13. The molecule has 0 spiro atoms. The normalized spacial score (nSPS) is 19.6. The minimum Gasteiger partial charge on any atom is -0.389 e. The maximum Gasteiger partial charge on any atom is 0.0900 e. The first kappa shape index (κ1) is 14.9. The highest BCUT2D eigenvalue weighted by Gasteiger charge is 2.33. The average Bonchev–Trinajstić information content (AvgIpc) is 3.10. The van der Waals surface area contributed by atoms with E-state index in [-0.39, 0.29) is 0 Å². The lowest BCUT2D eigenvalue weighted by molar-refractivity contribution is -0.00300. The van der Waals surface area contributed by atoms with Gasteiger partial charge >= 0.3 is 0 Å². The molecule has 0 heterocycles. The number of nitrogens with zero attached hydrogens (tertiary/aromatic N) is 1. The van der Waals surface area contributed by atoms with E-state index >= 15 is 0 Å². The van der Waals surface area contributed by atoms with Crippen molar-refractivity contribution < 1.29 is 14.6 Å². The zero-order valence-electron chi connectivity index (χ0n) is 11.0. The predicted molar refractivity (Wildman–Crippen MR) is 66.9 cm³/mol. The molecule has 3 N–H and O–H groups in total. The summed E-state index contributed by atoms with van der Waals surface area (Å²) in [5, 5.41) is 9.82. The van der Waals surface area contributed by atoms with Gasteiger partial charge in [0.05, 0.1) is 25.9 Å². The maximum atomic E-state index is 9.82. The molecule has 0 aromatic heterocycles. The van der Waals surface area contributed by atoms with Crippen LogP contribution in [0.25, 0.3) is 0 Å². The SMILES string of the molecule is COCCOCC(O)CN(C)C(CN)C1CC1. The third-order valence-corrected chi connectivity index (χ3v) is 3.21. The number of nitrogens with two attached hydrogens (primary N) is 1. The smallest absolute Gasteiger partial charge is 0.0900 e. The van der Waals surface area contributed by atoms with E-state index in [1.54, 1.807) is 7.11 Å². The van der Waals surface area contributed by atoms with E-state index in [4.69, 9.17) is 15.2 Å². The van der Waals surface area contributed by atoms with Gasteiger partial charge in [0.15, 0.2) is 0 Å². The molecule has 0 aromatic rings. The number of methoxy groups -OCH3 is 1. The monoisotopic (exact) mass is 246 g/mol. The van der Waals surface area contributed by atoms with Gasteiger partial charge in [-0.2, -0.15) is 0 Å². The summed E-state index contributed by atoms with van der Waals surface area (Å²) in [6.45, 7) is 2.73. The van der Waals surface area contributed by atoms with Gasteiger partial charge in [-0.15, -0.1) is 0 Å². The molecule has 1 saturated carbocycles. The molecule has 0 radical (unpaired) electrons. The Morgan fingerprint density at radius 1 is 1.41 bits per heavy atom. The van der Waals surface area contributed by atoms with Gasteiger partial charge in [0.2, 0.25) is 0 Å². The van der Waals surface area contributed by atoms with Gasteiger partial charge in [-0.05, 0) is 25.8 Å². The van der Waals surface area contributed by atoms with Crippen molar-refractivity contribution in [2.45, 2.75) is 25.0 Å². The second kappa shape index (κ2) is 8.00. The number of aliphatic hydroxyl groups is 1. The van der Waals surface area contributed by atoms with E-state index < -0.39 is 6.10 Å². The highest BCUT2D eigenvalue weighted by molar-refractivity contribution is 4.88. The van der Waals surface area contributed by atoms with Crippen LogP contribution in [0.5, 0.6) is 0 Å². The van der Waals surface area contributed by atoms with Crippen molar-refractivity contribution >= 4 is 0 Å². The lowest BCUT2D eigenvalue weighted by Crippen LogP contribution is -2.44. The number of rotatable bonds is 10. The van der Waals surface area contributed by atoms with Gasteiger partial charge < -0.3 is 20.3 Å². The Kier molecular flexibility index (Phi) is 6.99. The molecule has 5 nitrogen and oxygen atoms in total. The summed E-state index contributed by atoms with van der Waals surface area (Å²) in [7, 11) is 3.66. The van der Waals surface area contributed by atoms with Gasteiger partial charge in [0.1, 0.15) is 0 Å². The fourth-order valence-corrected chi connectivity index (χ4v) is 2.10. The first-order valence-corrected chi connectivity index (χ1v) is 6.34. The fourth-order valence-electron chi connectivity index (χ4n) is 2.10. The second-order valence-electron chi connectivity index (χ2n) is 4.80. The van der Waals surface area contributed by atoms with Crippen LogP contribution < -0.4 is 5.73 Å². The lowest BCUT2D eigenvalue weighted by atomic mass is 10.1. The van der Waals surface area contributed by atoms with E-state index in [9.17, 15) is 5.11 Å². The fraction of sp³-hybridized carbons (Fsp3) is 1.00. The molecule has 1 aliphatic carbocycles. The van der Waals surface area contributed by atoms with Crippen LogP contribution >= 0.6 is 0 Å². The summed E-state index contributed by atoms with van der Waals surface area (Å²) in [6.07, 6.45) is 2.09. The molecule has 1 aliphatic rings. The standard InChI is InChI=1S/C12H26N2O3/c1-14(12(7-13)10-3-4-10)8-11(15)9-17-6-5-16-2/h10-12,15H,3-9,13H2,1-2H3. The molecule has 0 saturated heterocycles.